The lowest BCUT2D eigenvalue weighted by molar-refractivity contribution is 0.237. The fraction of sp³-hybridized carbons (Fsp3) is 0.714. The fourth-order valence-electron chi connectivity index (χ4n) is 3.01. The third-order valence-electron chi connectivity index (χ3n) is 4.17. The lowest BCUT2D eigenvalue weighted by Crippen LogP contribution is -2.41. The van der Waals surface area contributed by atoms with Crippen LogP contribution < -0.4 is 0 Å². The molecule has 1 aliphatic rings. The molecule has 1 fully saturated rings. The number of hydrogen-bond acceptors (Lipinski definition) is 5. The van der Waals surface area contributed by atoms with Gasteiger partial charge in [-0.25, -0.2) is 8.42 Å². The Kier molecular flexibility index (Phi) is 5.43. The summed E-state index contributed by atoms with van der Waals surface area (Å²) in [6, 6.07) is 0.297. The topological polar surface area (TPSA) is 60.9 Å². The molecule has 0 aliphatic carbocycles. The average Bonchev–Trinajstić information content (AvgIpc) is 3.04. The Morgan fingerprint density at radius 1 is 1.52 bits per heavy atom. The minimum atomic E-state index is -3.53. The highest BCUT2D eigenvalue weighted by Gasteiger charge is 2.31. The van der Waals surface area contributed by atoms with Gasteiger partial charge >= 0.3 is 0 Å². The van der Waals surface area contributed by atoms with Crippen LogP contribution in [-0.4, -0.2) is 55.5 Å². The molecule has 1 unspecified atom stereocenters. The molecule has 5 nitrogen and oxygen atoms in total. The highest BCUT2D eigenvalue weighted by Crippen LogP contribution is 2.30. The maximum Gasteiger partial charge on any atom is 0.244 e. The fourth-order valence-corrected chi connectivity index (χ4v) is 5.82. The van der Waals surface area contributed by atoms with Crippen LogP contribution in [0.3, 0.4) is 0 Å². The van der Waals surface area contributed by atoms with Crippen molar-refractivity contribution in [1.82, 2.24) is 9.21 Å². The first-order valence-electron chi connectivity index (χ1n) is 7.30. The predicted octanol–water partition coefficient (Wildman–Crippen LogP) is 1.65. The van der Waals surface area contributed by atoms with Crippen molar-refractivity contribution in [2.24, 2.45) is 0 Å². The van der Waals surface area contributed by atoms with Crippen molar-refractivity contribution in [3.8, 4) is 0 Å². The van der Waals surface area contributed by atoms with Crippen molar-refractivity contribution in [3.63, 3.8) is 0 Å². The molecule has 2 rings (SSSR count). The third-order valence-corrected chi connectivity index (χ3v) is 7.45. The summed E-state index contributed by atoms with van der Waals surface area (Å²) < 4.78 is 27.0. The minimum Gasteiger partial charge on any atom is -0.391 e. The molecule has 1 aliphatic heterocycles. The zero-order valence-electron chi connectivity index (χ0n) is 12.9. The molecule has 21 heavy (non-hydrogen) atoms. The van der Waals surface area contributed by atoms with E-state index in [-0.39, 0.29) is 6.61 Å². The summed E-state index contributed by atoms with van der Waals surface area (Å²) in [5.41, 5.74) is 0.717. The second-order valence-corrected chi connectivity index (χ2v) is 8.49. The van der Waals surface area contributed by atoms with E-state index in [1.54, 1.807) is 19.4 Å². The van der Waals surface area contributed by atoms with Crippen LogP contribution in [0.1, 0.15) is 30.2 Å². The van der Waals surface area contributed by atoms with Crippen LogP contribution in [0.2, 0.25) is 0 Å². The molecule has 0 spiro atoms. The Morgan fingerprint density at radius 2 is 2.24 bits per heavy atom. The van der Waals surface area contributed by atoms with Gasteiger partial charge in [0.2, 0.25) is 10.0 Å². The largest absolute Gasteiger partial charge is 0.391 e. The van der Waals surface area contributed by atoms with Gasteiger partial charge in [0.15, 0.2) is 0 Å². The summed E-state index contributed by atoms with van der Waals surface area (Å²) in [6.45, 7) is 6.18. The zero-order chi connectivity index (χ0) is 15.6. The van der Waals surface area contributed by atoms with E-state index < -0.39 is 10.0 Å². The molecular formula is C14H24N2O3S2. The van der Waals surface area contributed by atoms with E-state index in [1.807, 2.05) is 0 Å². The lowest BCUT2D eigenvalue weighted by Gasteiger charge is -2.27. The van der Waals surface area contributed by atoms with Gasteiger partial charge in [0.05, 0.1) is 11.5 Å². The van der Waals surface area contributed by atoms with Crippen molar-refractivity contribution >= 4 is 21.4 Å². The van der Waals surface area contributed by atoms with Gasteiger partial charge < -0.3 is 5.11 Å². The number of hydrogen-bond donors (Lipinski definition) is 1. The maximum absolute atomic E-state index is 12.8. The normalized spacial score (nSPS) is 20.5. The van der Waals surface area contributed by atoms with Crippen molar-refractivity contribution in [1.29, 1.82) is 0 Å². The predicted molar refractivity (Wildman–Crippen MR) is 85.1 cm³/mol. The molecule has 120 valence electrons. The van der Waals surface area contributed by atoms with Gasteiger partial charge in [-0.3, -0.25) is 4.90 Å². The van der Waals surface area contributed by atoms with E-state index in [2.05, 4.69) is 11.8 Å². The molecule has 0 bridgehead atoms. The molecule has 0 radical (unpaired) electrons. The number of sulfonamides is 1. The van der Waals surface area contributed by atoms with E-state index in [4.69, 9.17) is 0 Å². The van der Waals surface area contributed by atoms with E-state index in [1.165, 1.54) is 15.6 Å². The Labute approximate surface area is 131 Å². The number of aliphatic hydroxyl groups excluding tert-OH is 1. The van der Waals surface area contributed by atoms with Gasteiger partial charge in [-0.2, -0.15) is 4.31 Å². The summed E-state index contributed by atoms with van der Waals surface area (Å²) >= 11 is 1.30. The molecule has 0 aromatic carbocycles. The second kappa shape index (κ2) is 6.75. The molecular weight excluding hydrogens is 308 g/mol. The average molecular weight is 332 g/mol. The Balaban J connectivity index is 2.21. The number of likely N-dealkylation sites (tertiary alicyclic amines) is 1. The lowest BCUT2D eigenvalue weighted by atomic mass is 10.2. The molecule has 7 heteroatoms. The molecule has 1 N–H and O–H groups in total. The molecule has 2 heterocycles. The van der Waals surface area contributed by atoms with Crippen LogP contribution in [0.15, 0.2) is 10.3 Å². The van der Waals surface area contributed by atoms with Crippen molar-refractivity contribution in [2.75, 3.05) is 26.7 Å². The number of thiophene rings is 1. The van der Waals surface area contributed by atoms with Gasteiger partial charge in [-0.05, 0) is 43.8 Å². The molecule has 1 aromatic rings. The standard InChI is InChI=1S/C14H24N2O3S2/c1-4-16-7-5-6-12(16)8-15(3)21(18,19)14-11(2)10-20-13(14)9-17/h10,12,17H,4-9H2,1-3H3. The maximum atomic E-state index is 12.8. The second-order valence-electron chi connectivity index (χ2n) is 5.54. The molecule has 1 aromatic heterocycles. The van der Waals surface area contributed by atoms with Gasteiger partial charge in [-0.15, -0.1) is 11.3 Å². The van der Waals surface area contributed by atoms with Crippen molar-refractivity contribution in [2.45, 2.75) is 44.2 Å². The van der Waals surface area contributed by atoms with E-state index >= 15 is 0 Å². The van der Waals surface area contributed by atoms with Crippen LogP contribution in [0.5, 0.6) is 0 Å². The van der Waals surface area contributed by atoms with Crippen molar-refractivity contribution < 1.29 is 13.5 Å². The quantitative estimate of drug-likeness (QED) is 0.860. The first kappa shape index (κ1) is 16.9. The number of nitrogens with zero attached hydrogens (tertiary/aromatic N) is 2. The SMILES string of the molecule is CCN1CCCC1CN(C)S(=O)(=O)c1c(C)csc1CO. The Hall–Kier alpha value is -0.470. The Bertz CT molecular complexity index is 583. The summed E-state index contributed by atoms with van der Waals surface area (Å²) in [6.07, 6.45) is 2.18. The molecule has 0 saturated carbocycles. The van der Waals surface area contributed by atoms with Crippen molar-refractivity contribution in [3.05, 3.63) is 15.8 Å². The summed E-state index contributed by atoms with van der Waals surface area (Å²) in [5, 5.41) is 11.2. The van der Waals surface area contributed by atoms with E-state index in [9.17, 15) is 13.5 Å². The smallest absolute Gasteiger partial charge is 0.244 e. The molecule has 1 atom stereocenters. The minimum absolute atomic E-state index is 0.231. The zero-order valence-corrected chi connectivity index (χ0v) is 14.5. The van der Waals surface area contributed by atoms with Crippen LogP contribution in [0.4, 0.5) is 0 Å². The van der Waals surface area contributed by atoms with Crippen LogP contribution in [0.25, 0.3) is 0 Å². The van der Waals surface area contributed by atoms with Crippen LogP contribution in [0, 0.1) is 6.92 Å². The highest BCUT2D eigenvalue weighted by atomic mass is 32.2. The molecule has 1 saturated heterocycles. The summed E-state index contributed by atoms with van der Waals surface area (Å²) in [5.74, 6) is 0. The summed E-state index contributed by atoms with van der Waals surface area (Å²) in [4.78, 5) is 3.15. The van der Waals surface area contributed by atoms with Gasteiger partial charge in [-0.1, -0.05) is 6.92 Å². The van der Waals surface area contributed by atoms with E-state index in [0.717, 1.165) is 31.5 Å². The number of rotatable bonds is 6. The number of likely N-dealkylation sites (N-methyl/N-ethyl adjacent to an activating group) is 2. The summed E-state index contributed by atoms with van der Waals surface area (Å²) in [7, 11) is -1.89. The number of aliphatic hydroxyl groups is 1. The number of aryl methyl sites for hydroxylation is 1. The first-order chi connectivity index (χ1) is 9.91. The highest BCUT2D eigenvalue weighted by molar-refractivity contribution is 7.89. The van der Waals surface area contributed by atoms with Crippen LogP contribution in [-0.2, 0) is 16.6 Å². The van der Waals surface area contributed by atoms with Gasteiger partial charge in [0, 0.05) is 19.6 Å². The first-order valence-corrected chi connectivity index (χ1v) is 9.62. The Morgan fingerprint density at radius 3 is 2.86 bits per heavy atom. The van der Waals surface area contributed by atoms with Gasteiger partial charge in [0.1, 0.15) is 4.90 Å². The van der Waals surface area contributed by atoms with Gasteiger partial charge in [0.25, 0.3) is 0 Å². The van der Waals surface area contributed by atoms with Crippen LogP contribution >= 0.6 is 11.3 Å². The molecule has 0 amide bonds. The van der Waals surface area contributed by atoms with E-state index in [0.29, 0.717) is 22.4 Å². The third kappa shape index (κ3) is 3.32. The monoisotopic (exact) mass is 332 g/mol.